The fourth-order valence-corrected chi connectivity index (χ4v) is 7.67. The van der Waals surface area contributed by atoms with E-state index in [1.54, 1.807) is 0 Å². The van der Waals surface area contributed by atoms with Crippen LogP contribution in [-0.4, -0.2) is 109 Å². The summed E-state index contributed by atoms with van der Waals surface area (Å²) in [6.07, 6.45) is 4.18. The van der Waals surface area contributed by atoms with Crippen LogP contribution in [0.15, 0.2) is 71.4 Å². The van der Waals surface area contributed by atoms with Crippen molar-refractivity contribution >= 4 is 33.6 Å². The lowest BCUT2D eigenvalue weighted by molar-refractivity contribution is -0.134. The summed E-state index contributed by atoms with van der Waals surface area (Å²) in [7, 11) is -1.04. The van der Waals surface area contributed by atoms with Crippen molar-refractivity contribution in [3.05, 3.63) is 88.5 Å². The third-order valence-corrected chi connectivity index (χ3v) is 9.90. The maximum atomic E-state index is 13.2. The monoisotopic (exact) mass is 622 g/mol. The van der Waals surface area contributed by atoms with E-state index in [-0.39, 0.29) is 23.5 Å². The van der Waals surface area contributed by atoms with Crippen LogP contribution in [0.25, 0.3) is 6.08 Å². The van der Waals surface area contributed by atoms with E-state index < -0.39 is 21.8 Å². The number of hydrogen-bond acceptors (Lipinski definition) is 8. The summed E-state index contributed by atoms with van der Waals surface area (Å²) in [5, 5.41) is 23.0. The van der Waals surface area contributed by atoms with Crippen LogP contribution in [0.4, 0.5) is 0 Å². The Labute approximate surface area is 259 Å². The lowest BCUT2D eigenvalue weighted by Gasteiger charge is -2.34. The summed E-state index contributed by atoms with van der Waals surface area (Å²) in [4.78, 5) is 24.0. The zero-order valence-electron chi connectivity index (χ0n) is 25.6. The molecule has 5 rings (SSSR count). The fraction of sp³-hybridized carbons (Fsp3) is 0.424. The minimum absolute atomic E-state index is 0.0518. The quantitative estimate of drug-likeness (QED) is 0.425. The first kappa shape index (κ1) is 33.1. The van der Waals surface area contributed by atoms with Crippen molar-refractivity contribution in [3.63, 3.8) is 0 Å². The highest BCUT2D eigenvalue weighted by atomic mass is 32.2. The van der Waals surface area contributed by atoms with Gasteiger partial charge in [0.15, 0.2) is 9.84 Å². The molecule has 11 heteroatoms. The smallest absolute Gasteiger partial charge is 0.328 e. The number of likely N-dealkylation sites (N-methyl/N-ethyl adjacent to an activating group) is 1. The van der Waals surface area contributed by atoms with Gasteiger partial charge in [0.25, 0.3) is 0 Å². The van der Waals surface area contributed by atoms with Crippen LogP contribution in [0.2, 0.25) is 0 Å². The van der Waals surface area contributed by atoms with Crippen LogP contribution < -0.4 is 0 Å². The Balaban J connectivity index is 0.000000488. The zero-order valence-corrected chi connectivity index (χ0v) is 26.4. The summed E-state index contributed by atoms with van der Waals surface area (Å²) < 4.78 is 26.3. The van der Waals surface area contributed by atoms with Crippen molar-refractivity contribution in [3.8, 4) is 0 Å². The molecule has 0 bridgehead atoms. The average Bonchev–Trinajstić information content (AvgIpc) is 3.31. The molecule has 0 aromatic heterocycles. The molecular weight excluding hydrogens is 580 g/mol. The number of sulfone groups is 1. The van der Waals surface area contributed by atoms with Gasteiger partial charge in [-0.25, -0.2) is 18.0 Å². The molecule has 2 saturated heterocycles. The van der Waals surface area contributed by atoms with Crippen LogP contribution in [0.1, 0.15) is 34.7 Å². The molecule has 2 N–H and O–H groups in total. The van der Waals surface area contributed by atoms with E-state index in [4.69, 9.17) is 15.3 Å². The van der Waals surface area contributed by atoms with Gasteiger partial charge in [-0.3, -0.25) is 5.01 Å². The number of hydrazone groups is 1. The number of benzene rings is 2. The summed E-state index contributed by atoms with van der Waals surface area (Å²) in [6.45, 7) is 10.5. The first-order chi connectivity index (χ1) is 20.9. The van der Waals surface area contributed by atoms with Gasteiger partial charge in [-0.15, -0.1) is 0 Å². The largest absolute Gasteiger partial charge is 0.478 e. The fourth-order valence-electron chi connectivity index (χ4n) is 5.96. The van der Waals surface area contributed by atoms with Crippen LogP contribution in [0.5, 0.6) is 0 Å². The van der Waals surface area contributed by atoms with Gasteiger partial charge in [-0.1, -0.05) is 48.5 Å². The topological polar surface area (TPSA) is 131 Å². The van der Waals surface area contributed by atoms with Crippen LogP contribution in [-0.2, 0) is 19.4 Å². The first-order valence-corrected chi connectivity index (χ1v) is 16.7. The molecule has 0 aliphatic carbocycles. The van der Waals surface area contributed by atoms with Gasteiger partial charge < -0.3 is 20.0 Å². The minimum atomic E-state index is -3.23. The molecule has 2 aromatic rings. The van der Waals surface area contributed by atoms with Crippen molar-refractivity contribution in [1.29, 1.82) is 0 Å². The van der Waals surface area contributed by atoms with Crippen molar-refractivity contribution < 1.29 is 28.2 Å². The van der Waals surface area contributed by atoms with Gasteiger partial charge >= 0.3 is 11.9 Å². The Hall–Kier alpha value is -3.80. The Morgan fingerprint density at radius 3 is 2.14 bits per heavy atom. The molecule has 0 radical (unpaired) electrons. The molecular formula is C33H42N4O6S. The molecule has 0 spiro atoms. The van der Waals surface area contributed by atoms with Crippen LogP contribution >= 0.6 is 0 Å². The summed E-state index contributed by atoms with van der Waals surface area (Å²) in [5.74, 6) is -2.44. The van der Waals surface area contributed by atoms with Crippen LogP contribution in [0.3, 0.4) is 0 Å². The maximum Gasteiger partial charge on any atom is 0.328 e. The van der Waals surface area contributed by atoms with E-state index in [1.807, 2.05) is 18.2 Å². The molecule has 3 heterocycles. The van der Waals surface area contributed by atoms with E-state index >= 15 is 0 Å². The SMILES string of the molecule is Cc1ccccc1/C=C1/CS(=O)(=O)CC2C1=NN(CCCN1CCN(C)CC1)C2c1ccccc1C.O=C(O)/C=C\C(=O)O. The van der Waals surface area contributed by atoms with E-state index in [0.717, 1.165) is 68.1 Å². The number of carbonyl (C=O) groups is 2. The molecule has 10 nitrogen and oxygen atoms in total. The highest BCUT2D eigenvalue weighted by Gasteiger charge is 2.46. The molecule has 2 atom stereocenters. The number of carboxylic acid groups (broad SMARTS) is 2. The van der Waals surface area contributed by atoms with Gasteiger partial charge in [0, 0.05) is 50.8 Å². The second kappa shape index (κ2) is 14.8. The lowest BCUT2D eigenvalue weighted by Crippen LogP contribution is -2.45. The molecule has 2 unspecified atom stereocenters. The number of nitrogens with zero attached hydrogens (tertiary/aromatic N) is 4. The Morgan fingerprint density at radius 2 is 1.52 bits per heavy atom. The molecule has 2 aromatic carbocycles. The normalized spacial score (nSPS) is 22.8. The van der Waals surface area contributed by atoms with Crippen molar-refractivity contribution in [1.82, 2.24) is 14.8 Å². The summed E-state index contributed by atoms with van der Waals surface area (Å²) in [5.41, 5.74) is 6.39. The van der Waals surface area contributed by atoms with Gasteiger partial charge in [-0.2, -0.15) is 5.10 Å². The number of fused-ring (bicyclic) bond motifs is 1. The second-order valence-electron chi connectivity index (χ2n) is 11.6. The Kier molecular flexibility index (Phi) is 11.1. The standard InChI is InChI=1S/C29H38N4O2S.C4H4O4/c1-22-9-4-6-11-24(22)19-25-20-36(34,35)21-27-28(25)30-33(29(27)26-12-7-5-10-23(26)2)14-8-13-32-17-15-31(3)16-18-32;5-3(6)1-2-4(7)8/h4-7,9-12,19,27,29H,8,13-18,20-21H2,1-3H3;1-2H,(H,5,6)(H,7,8)/b25-19-;2-1-. The molecule has 44 heavy (non-hydrogen) atoms. The number of carboxylic acids is 2. The number of aliphatic carboxylic acids is 2. The molecule has 2 fully saturated rings. The second-order valence-corrected chi connectivity index (χ2v) is 13.8. The maximum absolute atomic E-state index is 13.2. The highest BCUT2D eigenvalue weighted by molar-refractivity contribution is 7.91. The van der Waals surface area contributed by atoms with Crippen LogP contribution in [0, 0.1) is 19.8 Å². The minimum Gasteiger partial charge on any atom is -0.478 e. The predicted octanol–water partition coefficient (Wildman–Crippen LogP) is 3.49. The van der Waals surface area contributed by atoms with E-state index in [9.17, 15) is 18.0 Å². The molecule has 236 valence electrons. The number of rotatable bonds is 8. The van der Waals surface area contributed by atoms with Crippen molar-refractivity contribution in [2.75, 3.05) is 57.8 Å². The summed E-state index contributed by atoms with van der Waals surface area (Å²) >= 11 is 0. The van der Waals surface area contributed by atoms with Gasteiger partial charge in [0.05, 0.1) is 23.3 Å². The van der Waals surface area contributed by atoms with E-state index in [1.165, 1.54) is 11.1 Å². The average molecular weight is 623 g/mol. The van der Waals surface area contributed by atoms with Crippen molar-refractivity contribution in [2.24, 2.45) is 11.0 Å². The van der Waals surface area contributed by atoms with Gasteiger partial charge in [-0.05, 0) is 67.8 Å². The predicted molar refractivity (Wildman–Crippen MR) is 172 cm³/mol. The third kappa shape index (κ3) is 8.87. The molecule has 0 amide bonds. The van der Waals surface area contributed by atoms with Crippen molar-refractivity contribution in [2.45, 2.75) is 26.3 Å². The summed E-state index contributed by atoms with van der Waals surface area (Å²) in [6, 6.07) is 16.5. The lowest BCUT2D eigenvalue weighted by atomic mass is 9.86. The number of piperazine rings is 1. The van der Waals surface area contributed by atoms with E-state index in [0.29, 0.717) is 12.2 Å². The molecule has 3 aliphatic heterocycles. The third-order valence-electron chi connectivity index (χ3n) is 8.28. The van der Waals surface area contributed by atoms with E-state index in [2.05, 4.69) is 72.1 Å². The molecule has 3 aliphatic rings. The molecule has 0 saturated carbocycles. The Bertz CT molecular complexity index is 1530. The number of aryl methyl sites for hydroxylation is 2. The first-order valence-electron chi connectivity index (χ1n) is 14.9. The van der Waals surface area contributed by atoms with Gasteiger partial charge in [0.1, 0.15) is 0 Å². The Morgan fingerprint density at radius 1 is 0.909 bits per heavy atom. The van der Waals surface area contributed by atoms with Gasteiger partial charge in [0.2, 0.25) is 0 Å². The zero-order chi connectivity index (χ0) is 31.9. The number of hydrogen-bond donors (Lipinski definition) is 2. The highest BCUT2D eigenvalue weighted by Crippen LogP contribution is 2.42.